The molecule has 3 nitrogen and oxygen atoms in total. The highest BCUT2D eigenvalue weighted by Crippen LogP contribution is 2.10. The van der Waals surface area contributed by atoms with Crippen molar-refractivity contribution in [1.29, 1.82) is 0 Å². The smallest absolute Gasteiger partial charge is 0.156 e. The van der Waals surface area contributed by atoms with E-state index in [9.17, 15) is 0 Å². The molecule has 0 aromatic carbocycles. The maximum Gasteiger partial charge on any atom is 0.156 e. The Balaban J connectivity index is 2.13. The summed E-state index contributed by atoms with van der Waals surface area (Å²) in [5, 5.41) is 4.55. The van der Waals surface area contributed by atoms with Crippen LogP contribution in [0.3, 0.4) is 0 Å². The molecule has 0 aromatic heterocycles. The lowest BCUT2D eigenvalue weighted by Gasteiger charge is -2.16. The van der Waals surface area contributed by atoms with Gasteiger partial charge in [-0.2, -0.15) is 0 Å². The summed E-state index contributed by atoms with van der Waals surface area (Å²) in [6.07, 6.45) is 1.17. The van der Waals surface area contributed by atoms with Crippen LogP contribution in [0.15, 0.2) is 4.99 Å². The van der Waals surface area contributed by atoms with Gasteiger partial charge < -0.3 is 10.2 Å². The molecule has 0 amide bonds. The van der Waals surface area contributed by atoms with Gasteiger partial charge in [-0.25, -0.2) is 0 Å². The first-order valence-corrected chi connectivity index (χ1v) is 5.75. The van der Waals surface area contributed by atoms with Crippen LogP contribution >= 0.6 is 11.8 Å². The van der Waals surface area contributed by atoms with Crippen LogP contribution in [0, 0.1) is 0 Å². The van der Waals surface area contributed by atoms with Crippen molar-refractivity contribution in [2.75, 3.05) is 32.9 Å². The van der Waals surface area contributed by atoms with Gasteiger partial charge in [-0.05, 0) is 34.0 Å². The molecule has 76 valence electrons. The van der Waals surface area contributed by atoms with E-state index in [-0.39, 0.29) is 0 Å². The molecular formula is C9H19N3S. The van der Waals surface area contributed by atoms with Crippen LogP contribution < -0.4 is 5.32 Å². The SMILES string of the molecule is CC(CCN(C)C)NC1=NCCS1. The number of hydrogen-bond donors (Lipinski definition) is 1. The molecule has 0 aliphatic carbocycles. The van der Waals surface area contributed by atoms with Crippen molar-refractivity contribution in [3.8, 4) is 0 Å². The van der Waals surface area contributed by atoms with E-state index in [1.807, 2.05) is 11.8 Å². The van der Waals surface area contributed by atoms with Crippen molar-refractivity contribution in [2.24, 2.45) is 4.99 Å². The van der Waals surface area contributed by atoms with E-state index < -0.39 is 0 Å². The Hall–Kier alpha value is -0.220. The zero-order valence-corrected chi connectivity index (χ0v) is 9.52. The van der Waals surface area contributed by atoms with E-state index in [0.717, 1.165) is 24.0 Å². The fourth-order valence-corrected chi connectivity index (χ4v) is 2.00. The molecule has 0 aromatic rings. The quantitative estimate of drug-likeness (QED) is 0.736. The van der Waals surface area contributed by atoms with Crippen molar-refractivity contribution >= 4 is 16.9 Å². The van der Waals surface area contributed by atoms with Crippen molar-refractivity contribution < 1.29 is 0 Å². The van der Waals surface area contributed by atoms with Crippen molar-refractivity contribution in [2.45, 2.75) is 19.4 Å². The molecule has 1 N–H and O–H groups in total. The van der Waals surface area contributed by atoms with Crippen LogP contribution in [0.2, 0.25) is 0 Å². The predicted octanol–water partition coefficient (Wildman–Crippen LogP) is 1.02. The highest BCUT2D eigenvalue weighted by Gasteiger charge is 2.09. The Labute approximate surface area is 85.0 Å². The molecule has 1 aliphatic heterocycles. The molecule has 1 aliphatic rings. The van der Waals surface area contributed by atoms with Gasteiger partial charge in [0, 0.05) is 11.8 Å². The molecule has 0 spiro atoms. The summed E-state index contributed by atoms with van der Waals surface area (Å²) < 4.78 is 0. The van der Waals surface area contributed by atoms with E-state index in [2.05, 4.69) is 36.2 Å². The molecule has 0 saturated carbocycles. The topological polar surface area (TPSA) is 27.6 Å². The van der Waals surface area contributed by atoms with Crippen molar-refractivity contribution in [1.82, 2.24) is 10.2 Å². The highest BCUT2D eigenvalue weighted by molar-refractivity contribution is 8.14. The fourth-order valence-electron chi connectivity index (χ4n) is 1.16. The van der Waals surface area contributed by atoms with Crippen LogP contribution in [0.25, 0.3) is 0 Å². The first kappa shape index (κ1) is 10.9. The van der Waals surface area contributed by atoms with Crippen LogP contribution in [-0.2, 0) is 0 Å². The fraction of sp³-hybridized carbons (Fsp3) is 0.889. The van der Waals surface area contributed by atoms with E-state index in [0.29, 0.717) is 6.04 Å². The minimum Gasteiger partial charge on any atom is -0.362 e. The summed E-state index contributed by atoms with van der Waals surface area (Å²) >= 11 is 1.83. The monoisotopic (exact) mass is 201 g/mol. The molecule has 0 radical (unpaired) electrons. The molecular weight excluding hydrogens is 182 g/mol. The third kappa shape index (κ3) is 4.52. The lowest BCUT2D eigenvalue weighted by molar-refractivity contribution is 0.379. The van der Waals surface area contributed by atoms with Gasteiger partial charge in [0.05, 0.1) is 6.54 Å². The zero-order valence-electron chi connectivity index (χ0n) is 8.71. The summed E-state index contributed by atoms with van der Waals surface area (Å²) in [5.74, 6) is 1.14. The maximum absolute atomic E-state index is 4.36. The van der Waals surface area contributed by atoms with Gasteiger partial charge >= 0.3 is 0 Å². The number of nitrogens with zero attached hydrogens (tertiary/aromatic N) is 2. The van der Waals surface area contributed by atoms with E-state index in [1.165, 1.54) is 6.42 Å². The number of hydrogen-bond acceptors (Lipinski definition) is 4. The summed E-state index contributed by atoms with van der Waals surface area (Å²) in [7, 11) is 4.21. The van der Waals surface area contributed by atoms with Crippen LogP contribution in [0.1, 0.15) is 13.3 Å². The summed E-state index contributed by atoms with van der Waals surface area (Å²) in [6.45, 7) is 4.32. The zero-order chi connectivity index (χ0) is 9.68. The first-order valence-electron chi connectivity index (χ1n) is 4.77. The second-order valence-electron chi connectivity index (χ2n) is 3.67. The second kappa shape index (κ2) is 5.50. The van der Waals surface area contributed by atoms with Gasteiger partial charge in [0.15, 0.2) is 5.17 Å². The molecule has 1 unspecified atom stereocenters. The average Bonchev–Trinajstić information content (AvgIpc) is 2.53. The van der Waals surface area contributed by atoms with Gasteiger partial charge in [0.1, 0.15) is 0 Å². The highest BCUT2D eigenvalue weighted by atomic mass is 32.2. The number of thioether (sulfide) groups is 1. The minimum atomic E-state index is 0.534. The van der Waals surface area contributed by atoms with Gasteiger partial charge in [-0.15, -0.1) is 0 Å². The van der Waals surface area contributed by atoms with Crippen molar-refractivity contribution in [3.05, 3.63) is 0 Å². The standard InChI is InChI=1S/C9H19N3S/c1-8(4-6-12(2)3)11-9-10-5-7-13-9/h8H,4-7H2,1-3H3,(H,10,11). The molecule has 1 rings (SSSR count). The Morgan fingerprint density at radius 3 is 2.92 bits per heavy atom. The molecule has 4 heteroatoms. The van der Waals surface area contributed by atoms with Gasteiger partial charge in [-0.3, -0.25) is 4.99 Å². The van der Waals surface area contributed by atoms with E-state index >= 15 is 0 Å². The minimum absolute atomic E-state index is 0.534. The third-order valence-electron chi connectivity index (χ3n) is 1.96. The normalized spacial score (nSPS) is 18.9. The van der Waals surface area contributed by atoms with Gasteiger partial charge in [0.2, 0.25) is 0 Å². The Bertz CT molecular complexity index is 180. The predicted molar refractivity (Wildman–Crippen MR) is 60.5 cm³/mol. The largest absolute Gasteiger partial charge is 0.362 e. The van der Waals surface area contributed by atoms with Crippen LogP contribution in [-0.4, -0.2) is 49.0 Å². The molecule has 0 fully saturated rings. The molecule has 1 heterocycles. The van der Waals surface area contributed by atoms with Gasteiger partial charge in [-0.1, -0.05) is 11.8 Å². The average molecular weight is 201 g/mol. The van der Waals surface area contributed by atoms with Crippen LogP contribution in [0.4, 0.5) is 0 Å². The molecule has 1 atom stereocenters. The van der Waals surface area contributed by atoms with Crippen LogP contribution in [0.5, 0.6) is 0 Å². The molecule has 0 bridgehead atoms. The number of nitrogens with one attached hydrogen (secondary N) is 1. The Kier molecular flexibility index (Phi) is 4.59. The van der Waals surface area contributed by atoms with E-state index in [1.54, 1.807) is 0 Å². The lowest BCUT2D eigenvalue weighted by atomic mass is 10.2. The molecule has 13 heavy (non-hydrogen) atoms. The number of amidine groups is 1. The van der Waals surface area contributed by atoms with Crippen molar-refractivity contribution in [3.63, 3.8) is 0 Å². The summed E-state index contributed by atoms with van der Waals surface area (Å²) in [6, 6.07) is 0.534. The Morgan fingerprint density at radius 2 is 2.38 bits per heavy atom. The number of rotatable bonds is 4. The first-order chi connectivity index (χ1) is 6.18. The molecule has 0 saturated heterocycles. The van der Waals surface area contributed by atoms with E-state index in [4.69, 9.17) is 0 Å². The third-order valence-corrected chi connectivity index (χ3v) is 2.87. The lowest BCUT2D eigenvalue weighted by Crippen LogP contribution is -2.32. The number of aliphatic imine (C=N–C) groups is 1. The Morgan fingerprint density at radius 1 is 1.62 bits per heavy atom. The second-order valence-corrected chi connectivity index (χ2v) is 4.76. The summed E-state index contributed by atoms with van der Waals surface area (Å²) in [5.41, 5.74) is 0. The maximum atomic E-state index is 4.36. The summed E-state index contributed by atoms with van der Waals surface area (Å²) in [4.78, 5) is 6.57. The van der Waals surface area contributed by atoms with Gasteiger partial charge in [0.25, 0.3) is 0 Å².